The SMILES string of the molecule is CCCOc1ccc(C(N)c2ccccc2F)cc1Br. The Morgan fingerprint density at radius 2 is 2.00 bits per heavy atom. The number of benzene rings is 2. The van der Waals surface area contributed by atoms with E-state index in [-0.39, 0.29) is 5.82 Å². The maximum absolute atomic E-state index is 13.8. The number of ether oxygens (including phenoxy) is 1. The van der Waals surface area contributed by atoms with Crippen molar-refractivity contribution in [2.45, 2.75) is 19.4 Å². The molecule has 0 heterocycles. The van der Waals surface area contributed by atoms with Crippen LogP contribution in [0.15, 0.2) is 46.9 Å². The highest BCUT2D eigenvalue weighted by Gasteiger charge is 2.14. The number of hydrogen-bond donors (Lipinski definition) is 1. The first kappa shape index (κ1) is 15.0. The van der Waals surface area contributed by atoms with Crippen LogP contribution in [0.1, 0.15) is 30.5 Å². The third-order valence-corrected chi connectivity index (χ3v) is 3.64. The van der Waals surface area contributed by atoms with E-state index in [0.29, 0.717) is 12.2 Å². The Labute approximate surface area is 126 Å². The van der Waals surface area contributed by atoms with Crippen molar-refractivity contribution in [2.75, 3.05) is 6.61 Å². The average Bonchev–Trinajstić information content (AvgIpc) is 2.46. The van der Waals surface area contributed by atoms with Crippen LogP contribution in [0, 0.1) is 5.82 Å². The Morgan fingerprint density at radius 1 is 1.25 bits per heavy atom. The van der Waals surface area contributed by atoms with Gasteiger partial charge < -0.3 is 10.5 Å². The summed E-state index contributed by atoms with van der Waals surface area (Å²) in [6.07, 6.45) is 0.947. The van der Waals surface area contributed by atoms with E-state index in [1.807, 2.05) is 18.2 Å². The lowest BCUT2D eigenvalue weighted by Crippen LogP contribution is -2.13. The Morgan fingerprint density at radius 3 is 2.65 bits per heavy atom. The largest absolute Gasteiger partial charge is 0.492 e. The smallest absolute Gasteiger partial charge is 0.133 e. The molecule has 1 atom stereocenters. The fourth-order valence-electron chi connectivity index (χ4n) is 1.95. The summed E-state index contributed by atoms with van der Waals surface area (Å²) in [5, 5.41) is 0. The molecular formula is C16H17BrFNO. The van der Waals surface area contributed by atoms with E-state index in [9.17, 15) is 4.39 Å². The minimum absolute atomic E-state index is 0.289. The molecule has 2 rings (SSSR count). The topological polar surface area (TPSA) is 35.2 Å². The molecule has 0 fully saturated rings. The highest BCUT2D eigenvalue weighted by Crippen LogP contribution is 2.30. The number of halogens is 2. The van der Waals surface area contributed by atoms with E-state index in [0.717, 1.165) is 22.2 Å². The summed E-state index contributed by atoms with van der Waals surface area (Å²) < 4.78 is 20.2. The molecule has 2 aromatic carbocycles. The van der Waals surface area contributed by atoms with Crippen molar-refractivity contribution in [1.29, 1.82) is 0 Å². The lowest BCUT2D eigenvalue weighted by atomic mass is 9.99. The van der Waals surface area contributed by atoms with Gasteiger partial charge in [-0.3, -0.25) is 0 Å². The molecule has 0 saturated heterocycles. The summed E-state index contributed by atoms with van der Waals surface area (Å²) in [4.78, 5) is 0. The number of hydrogen-bond acceptors (Lipinski definition) is 2. The van der Waals surface area contributed by atoms with Crippen molar-refractivity contribution in [2.24, 2.45) is 5.73 Å². The standard InChI is InChI=1S/C16H17BrFNO/c1-2-9-20-15-8-7-11(10-13(15)17)16(19)12-5-3-4-6-14(12)18/h3-8,10,16H,2,9,19H2,1H3. The van der Waals surface area contributed by atoms with Crippen LogP contribution in [0.4, 0.5) is 4.39 Å². The predicted octanol–water partition coefficient (Wildman–Crippen LogP) is 4.43. The zero-order valence-electron chi connectivity index (χ0n) is 11.3. The molecule has 0 radical (unpaired) electrons. The molecule has 20 heavy (non-hydrogen) atoms. The maximum atomic E-state index is 13.8. The molecule has 2 nitrogen and oxygen atoms in total. The minimum Gasteiger partial charge on any atom is -0.492 e. The third-order valence-electron chi connectivity index (χ3n) is 3.02. The summed E-state index contributed by atoms with van der Waals surface area (Å²) in [5.41, 5.74) is 7.46. The van der Waals surface area contributed by atoms with Gasteiger partial charge >= 0.3 is 0 Å². The van der Waals surface area contributed by atoms with Gasteiger partial charge in [0, 0.05) is 5.56 Å². The van der Waals surface area contributed by atoms with Gasteiger partial charge in [-0.1, -0.05) is 31.2 Å². The fourth-order valence-corrected chi connectivity index (χ4v) is 2.46. The van der Waals surface area contributed by atoms with Gasteiger partial charge in [0.15, 0.2) is 0 Å². The molecule has 0 aromatic heterocycles. The first-order valence-corrected chi connectivity index (χ1v) is 7.35. The summed E-state index contributed by atoms with van der Waals surface area (Å²) in [6.45, 7) is 2.72. The third kappa shape index (κ3) is 3.38. The van der Waals surface area contributed by atoms with Gasteiger partial charge in [0.1, 0.15) is 11.6 Å². The van der Waals surface area contributed by atoms with Crippen LogP contribution < -0.4 is 10.5 Å². The minimum atomic E-state index is -0.493. The highest BCUT2D eigenvalue weighted by molar-refractivity contribution is 9.10. The normalized spacial score (nSPS) is 12.2. The monoisotopic (exact) mass is 337 g/mol. The zero-order chi connectivity index (χ0) is 14.5. The molecule has 2 N–H and O–H groups in total. The van der Waals surface area contributed by atoms with Crippen molar-refractivity contribution in [1.82, 2.24) is 0 Å². The van der Waals surface area contributed by atoms with E-state index >= 15 is 0 Å². The first-order chi connectivity index (χ1) is 9.63. The van der Waals surface area contributed by atoms with E-state index in [1.165, 1.54) is 6.07 Å². The van der Waals surface area contributed by atoms with Crippen LogP contribution >= 0.6 is 15.9 Å². The highest BCUT2D eigenvalue weighted by atomic mass is 79.9. The quantitative estimate of drug-likeness (QED) is 0.876. The Balaban J connectivity index is 2.25. The summed E-state index contributed by atoms with van der Waals surface area (Å²) in [6, 6.07) is 11.7. The predicted molar refractivity (Wildman–Crippen MR) is 82.4 cm³/mol. The Kier molecular flexibility index (Phi) is 5.15. The number of nitrogens with two attached hydrogens (primary N) is 1. The molecule has 0 aliphatic rings. The second-order valence-corrected chi connectivity index (χ2v) is 5.39. The zero-order valence-corrected chi connectivity index (χ0v) is 12.9. The van der Waals surface area contributed by atoms with Crippen molar-refractivity contribution in [3.63, 3.8) is 0 Å². The van der Waals surface area contributed by atoms with Gasteiger partial charge in [0.2, 0.25) is 0 Å². The molecule has 4 heteroatoms. The lowest BCUT2D eigenvalue weighted by Gasteiger charge is -2.15. The van der Waals surface area contributed by atoms with Gasteiger partial charge in [-0.05, 0) is 46.1 Å². The molecule has 0 saturated carbocycles. The molecule has 0 amide bonds. The molecular weight excluding hydrogens is 321 g/mol. The maximum Gasteiger partial charge on any atom is 0.133 e. The van der Waals surface area contributed by atoms with Crippen molar-refractivity contribution >= 4 is 15.9 Å². The summed E-state index contributed by atoms with van der Waals surface area (Å²) in [7, 11) is 0. The molecule has 2 aromatic rings. The Hall–Kier alpha value is -1.39. The van der Waals surface area contributed by atoms with Crippen LogP contribution in [-0.2, 0) is 0 Å². The van der Waals surface area contributed by atoms with Gasteiger partial charge in [-0.15, -0.1) is 0 Å². The summed E-state index contributed by atoms with van der Waals surface area (Å²) >= 11 is 3.46. The van der Waals surface area contributed by atoms with Crippen LogP contribution in [0.25, 0.3) is 0 Å². The average molecular weight is 338 g/mol. The van der Waals surface area contributed by atoms with Gasteiger partial charge in [-0.2, -0.15) is 0 Å². The van der Waals surface area contributed by atoms with Crippen molar-refractivity contribution in [3.05, 3.63) is 63.9 Å². The van der Waals surface area contributed by atoms with Gasteiger partial charge in [0.05, 0.1) is 17.1 Å². The van der Waals surface area contributed by atoms with Crippen molar-refractivity contribution in [3.8, 4) is 5.75 Å². The van der Waals surface area contributed by atoms with E-state index < -0.39 is 6.04 Å². The Bertz CT molecular complexity index is 588. The van der Waals surface area contributed by atoms with Crippen LogP contribution in [-0.4, -0.2) is 6.61 Å². The molecule has 0 bridgehead atoms. The lowest BCUT2D eigenvalue weighted by molar-refractivity contribution is 0.315. The van der Waals surface area contributed by atoms with Crippen LogP contribution in [0.2, 0.25) is 0 Å². The molecule has 1 unspecified atom stereocenters. The summed E-state index contributed by atoms with van der Waals surface area (Å²) in [5.74, 6) is 0.485. The van der Waals surface area contributed by atoms with Gasteiger partial charge in [0.25, 0.3) is 0 Å². The second-order valence-electron chi connectivity index (χ2n) is 4.54. The molecule has 0 aliphatic carbocycles. The molecule has 106 valence electrons. The van der Waals surface area contributed by atoms with E-state index in [4.69, 9.17) is 10.5 Å². The second kappa shape index (κ2) is 6.86. The number of rotatable bonds is 5. The fraction of sp³-hybridized carbons (Fsp3) is 0.250. The molecule has 0 spiro atoms. The first-order valence-electron chi connectivity index (χ1n) is 6.55. The van der Waals surface area contributed by atoms with Crippen LogP contribution in [0.3, 0.4) is 0 Å². The van der Waals surface area contributed by atoms with Gasteiger partial charge in [-0.25, -0.2) is 4.39 Å². The van der Waals surface area contributed by atoms with Crippen molar-refractivity contribution < 1.29 is 9.13 Å². The van der Waals surface area contributed by atoms with Crippen LogP contribution in [0.5, 0.6) is 5.75 Å². The van der Waals surface area contributed by atoms with E-state index in [1.54, 1.807) is 18.2 Å². The van der Waals surface area contributed by atoms with E-state index in [2.05, 4.69) is 22.9 Å². The molecule has 0 aliphatic heterocycles.